The van der Waals surface area contributed by atoms with Gasteiger partial charge in [-0.25, -0.2) is 9.78 Å². The summed E-state index contributed by atoms with van der Waals surface area (Å²) in [5.74, 6) is 1.05. The lowest BCUT2D eigenvalue weighted by Crippen LogP contribution is -2.30. The van der Waals surface area contributed by atoms with E-state index in [-0.39, 0.29) is 0 Å². The lowest BCUT2D eigenvalue weighted by molar-refractivity contribution is 0.214. The largest absolute Gasteiger partial charge is 0.492 e. The minimum Gasteiger partial charge on any atom is -0.492 e. The maximum atomic E-state index is 10.9. The zero-order valence-corrected chi connectivity index (χ0v) is 11.0. The molecule has 1 fully saturated rings. The van der Waals surface area contributed by atoms with Gasteiger partial charge in [-0.3, -0.25) is 9.51 Å². The van der Waals surface area contributed by atoms with Gasteiger partial charge in [0.1, 0.15) is 11.4 Å². The van der Waals surface area contributed by atoms with E-state index in [1.165, 1.54) is 0 Å². The van der Waals surface area contributed by atoms with Crippen molar-refractivity contribution in [3.05, 3.63) is 28.9 Å². The third-order valence-electron chi connectivity index (χ3n) is 3.36. The lowest BCUT2D eigenvalue weighted by Gasteiger charge is -2.22. The van der Waals surface area contributed by atoms with Crippen molar-refractivity contribution in [2.75, 3.05) is 19.7 Å². The van der Waals surface area contributed by atoms with Crippen molar-refractivity contribution in [2.45, 2.75) is 12.8 Å². The molecule has 0 unspecified atom stereocenters. The Bertz CT molecular complexity index is 599. The van der Waals surface area contributed by atoms with E-state index in [1.807, 2.05) is 6.07 Å². The van der Waals surface area contributed by atoms with Crippen molar-refractivity contribution in [1.82, 2.24) is 20.4 Å². The van der Waals surface area contributed by atoms with E-state index < -0.39 is 5.76 Å². The van der Waals surface area contributed by atoms with Crippen LogP contribution in [0.4, 0.5) is 0 Å². The highest BCUT2D eigenvalue weighted by molar-refractivity contribution is 5.48. The second kappa shape index (κ2) is 5.87. The second-order valence-corrected chi connectivity index (χ2v) is 4.83. The molecule has 3 heterocycles. The first-order valence-electron chi connectivity index (χ1n) is 6.67. The maximum Gasteiger partial charge on any atom is 0.439 e. The van der Waals surface area contributed by atoms with E-state index in [1.54, 1.807) is 12.3 Å². The topological polar surface area (TPSA) is 93.0 Å². The van der Waals surface area contributed by atoms with Crippen LogP contribution < -0.4 is 15.8 Å². The third-order valence-corrected chi connectivity index (χ3v) is 3.36. The van der Waals surface area contributed by atoms with Crippen LogP contribution in [0.1, 0.15) is 12.8 Å². The third kappa shape index (κ3) is 3.05. The highest BCUT2D eigenvalue weighted by atomic mass is 16.5. The van der Waals surface area contributed by atoms with E-state index >= 15 is 0 Å². The Morgan fingerprint density at radius 1 is 1.35 bits per heavy atom. The highest BCUT2D eigenvalue weighted by Crippen LogP contribution is 2.18. The standard InChI is InChI=1S/C13H16N4O3/c18-13-16-12(17-20-13)11-2-1-10(7-15-11)19-8-9-3-5-14-6-4-9/h1-2,7,9,14H,3-6,8H2,(H,16,17,18). The van der Waals surface area contributed by atoms with Crippen molar-refractivity contribution in [3.63, 3.8) is 0 Å². The summed E-state index contributed by atoms with van der Waals surface area (Å²) in [7, 11) is 0. The number of H-pyrrole nitrogens is 1. The Balaban J connectivity index is 1.59. The van der Waals surface area contributed by atoms with Crippen molar-refractivity contribution < 1.29 is 9.26 Å². The molecular formula is C13H16N4O3. The van der Waals surface area contributed by atoms with Gasteiger partial charge in [0.25, 0.3) is 0 Å². The monoisotopic (exact) mass is 276 g/mol. The van der Waals surface area contributed by atoms with Crippen LogP contribution in [0.2, 0.25) is 0 Å². The molecule has 106 valence electrons. The summed E-state index contributed by atoms with van der Waals surface area (Å²) in [6, 6.07) is 3.56. The van der Waals surface area contributed by atoms with Crippen LogP contribution >= 0.6 is 0 Å². The van der Waals surface area contributed by atoms with Gasteiger partial charge in [-0.05, 0) is 44.0 Å². The number of ether oxygens (including phenoxy) is 1. The van der Waals surface area contributed by atoms with E-state index in [9.17, 15) is 4.79 Å². The first kappa shape index (κ1) is 12.9. The van der Waals surface area contributed by atoms with Crippen molar-refractivity contribution in [1.29, 1.82) is 0 Å². The maximum absolute atomic E-state index is 10.9. The number of aromatic nitrogens is 3. The van der Waals surface area contributed by atoms with Crippen LogP contribution in [-0.4, -0.2) is 34.8 Å². The van der Waals surface area contributed by atoms with Gasteiger partial charge in [0.2, 0.25) is 5.82 Å². The molecule has 2 N–H and O–H groups in total. The zero-order valence-electron chi connectivity index (χ0n) is 11.0. The molecule has 0 aromatic carbocycles. The van der Waals surface area contributed by atoms with E-state index in [0.717, 1.165) is 31.7 Å². The molecule has 7 heteroatoms. The summed E-state index contributed by atoms with van der Waals surface area (Å²) in [5, 5.41) is 6.91. The molecule has 0 atom stereocenters. The second-order valence-electron chi connectivity index (χ2n) is 4.83. The summed E-state index contributed by atoms with van der Waals surface area (Å²) in [5.41, 5.74) is 0.546. The molecule has 1 aliphatic heterocycles. The van der Waals surface area contributed by atoms with Crippen LogP contribution in [0.5, 0.6) is 5.75 Å². The number of nitrogens with zero attached hydrogens (tertiary/aromatic N) is 2. The van der Waals surface area contributed by atoms with Crippen LogP contribution in [0.25, 0.3) is 11.5 Å². The number of hydrogen-bond donors (Lipinski definition) is 2. The molecule has 2 aromatic heterocycles. The van der Waals surface area contributed by atoms with E-state index in [0.29, 0.717) is 24.0 Å². The summed E-state index contributed by atoms with van der Waals surface area (Å²) < 4.78 is 10.2. The van der Waals surface area contributed by atoms with E-state index in [4.69, 9.17) is 4.74 Å². The fraction of sp³-hybridized carbons (Fsp3) is 0.462. The van der Waals surface area contributed by atoms with Gasteiger partial charge in [-0.2, -0.15) is 0 Å². The molecule has 0 aliphatic carbocycles. The molecule has 2 aromatic rings. The fourth-order valence-corrected chi connectivity index (χ4v) is 2.21. The van der Waals surface area contributed by atoms with Crippen LogP contribution in [0, 0.1) is 5.92 Å². The smallest absolute Gasteiger partial charge is 0.439 e. The van der Waals surface area contributed by atoms with Crippen LogP contribution in [-0.2, 0) is 0 Å². The molecule has 7 nitrogen and oxygen atoms in total. The quantitative estimate of drug-likeness (QED) is 0.858. The first-order valence-corrected chi connectivity index (χ1v) is 6.67. The average molecular weight is 276 g/mol. The van der Waals surface area contributed by atoms with Gasteiger partial charge in [0.15, 0.2) is 0 Å². The van der Waals surface area contributed by atoms with Gasteiger partial charge in [0, 0.05) is 0 Å². The van der Waals surface area contributed by atoms with Crippen molar-refractivity contribution >= 4 is 0 Å². The van der Waals surface area contributed by atoms with Crippen LogP contribution in [0.3, 0.4) is 0 Å². The van der Waals surface area contributed by atoms with Gasteiger partial charge in [-0.15, -0.1) is 0 Å². The number of nitrogens with one attached hydrogen (secondary N) is 2. The predicted molar refractivity (Wildman–Crippen MR) is 71.4 cm³/mol. The molecule has 1 aliphatic rings. The van der Waals surface area contributed by atoms with Gasteiger partial charge in [-0.1, -0.05) is 5.16 Å². The molecule has 0 amide bonds. The van der Waals surface area contributed by atoms with Crippen molar-refractivity contribution in [3.8, 4) is 17.3 Å². The summed E-state index contributed by atoms with van der Waals surface area (Å²) >= 11 is 0. The molecule has 0 bridgehead atoms. The molecule has 0 spiro atoms. The normalized spacial score (nSPS) is 16.2. The molecule has 1 saturated heterocycles. The van der Waals surface area contributed by atoms with Crippen molar-refractivity contribution in [2.24, 2.45) is 5.92 Å². The number of hydrogen-bond acceptors (Lipinski definition) is 6. The Labute approximate surface area is 115 Å². The fourth-order valence-electron chi connectivity index (χ4n) is 2.21. The highest BCUT2D eigenvalue weighted by Gasteiger charge is 2.13. The number of aromatic amines is 1. The number of rotatable bonds is 4. The van der Waals surface area contributed by atoms with Crippen LogP contribution in [0.15, 0.2) is 27.6 Å². The summed E-state index contributed by atoms with van der Waals surface area (Å²) in [6.45, 7) is 2.83. The Hall–Kier alpha value is -2.15. The Morgan fingerprint density at radius 2 is 2.20 bits per heavy atom. The lowest BCUT2D eigenvalue weighted by atomic mass is 9.99. The minimum atomic E-state index is -0.590. The van der Waals surface area contributed by atoms with Gasteiger partial charge >= 0.3 is 5.76 Å². The average Bonchev–Trinajstić information content (AvgIpc) is 2.93. The Morgan fingerprint density at radius 3 is 2.85 bits per heavy atom. The number of piperidine rings is 1. The number of pyridine rings is 1. The SMILES string of the molecule is O=c1[nH]c(-c2ccc(OCC3CCNCC3)cn2)no1. The molecular weight excluding hydrogens is 260 g/mol. The Kier molecular flexibility index (Phi) is 3.78. The zero-order chi connectivity index (χ0) is 13.8. The minimum absolute atomic E-state index is 0.319. The van der Waals surface area contributed by atoms with Gasteiger partial charge < -0.3 is 10.1 Å². The molecule has 20 heavy (non-hydrogen) atoms. The predicted octanol–water partition coefficient (Wildman–Crippen LogP) is 0.803. The van der Waals surface area contributed by atoms with E-state index in [2.05, 4.69) is 25.0 Å². The molecule has 0 radical (unpaired) electrons. The molecule has 3 rings (SSSR count). The summed E-state index contributed by atoms with van der Waals surface area (Å²) in [4.78, 5) is 17.5. The van der Waals surface area contributed by atoms with Gasteiger partial charge in [0.05, 0.1) is 12.8 Å². The summed E-state index contributed by atoms with van der Waals surface area (Å²) in [6.07, 6.45) is 3.92. The first-order chi connectivity index (χ1) is 9.81. The molecule has 0 saturated carbocycles.